The quantitative estimate of drug-likeness (QED) is 0.224. The molecule has 2 aromatic rings. The number of esters is 2. The highest BCUT2D eigenvalue weighted by Crippen LogP contribution is 2.47. The highest BCUT2D eigenvalue weighted by molar-refractivity contribution is 5.89. The fraction of sp³-hybridized carbons (Fsp3) is 0.609. The van der Waals surface area contributed by atoms with Gasteiger partial charge >= 0.3 is 11.9 Å². The van der Waals surface area contributed by atoms with E-state index >= 15 is 0 Å². The number of carbonyl (C=O) groups excluding carboxylic acids is 2. The number of allylic oxidation sites excluding steroid dienone is 1. The van der Waals surface area contributed by atoms with E-state index in [2.05, 4.69) is 15.0 Å². The number of rotatable bonds is 6. The Kier molecular flexibility index (Phi) is 7.27. The molecule has 0 radical (unpaired) electrons. The summed E-state index contributed by atoms with van der Waals surface area (Å²) in [6.45, 7) is 0.845. The number of hydrogen-bond donors (Lipinski definition) is 4. The molecule has 5 N–H and O–H groups in total. The number of nitrogen functional groups attached to an aromatic ring is 1. The molecule has 3 aliphatic rings. The summed E-state index contributed by atoms with van der Waals surface area (Å²) in [5, 5.41) is 32.3. The molecule has 2 aromatic heterocycles. The molecule has 3 saturated heterocycles. The number of aliphatic hydroxyl groups excluding tert-OH is 2. The van der Waals surface area contributed by atoms with Gasteiger partial charge in [0.15, 0.2) is 29.9 Å². The van der Waals surface area contributed by atoms with Crippen LogP contribution in [0.25, 0.3) is 11.2 Å². The number of aliphatic hydroxyl groups is 3. The highest BCUT2D eigenvalue weighted by atomic mass is 16.7. The number of carbonyl (C=O) groups is 2. The number of nitrogens with zero attached hydrogens (tertiary/aromatic N) is 4. The first-order valence-corrected chi connectivity index (χ1v) is 12.1. The minimum absolute atomic E-state index is 0.0496. The van der Waals surface area contributed by atoms with Gasteiger partial charge in [-0.25, -0.2) is 24.5 Å². The number of hydrogen-bond acceptors (Lipinski definition) is 15. The number of nitrogens with two attached hydrogens (primary N) is 1. The van der Waals surface area contributed by atoms with Crippen LogP contribution in [0, 0.1) is 0 Å². The normalized spacial score (nSPS) is 36.3. The Morgan fingerprint density at radius 3 is 2.72 bits per heavy atom. The Bertz CT molecular complexity index is 1290. The third kappa shape index (κ3) is 4.33. The predicted octanol–water partition coefficient (Wildman–Crippen LogP) is -2.05. The molecule has 0 aromatic carbocycles. The van der Waals surface area contributed by atoms with Crippen LogP contribution in [0.3, 0.4) is 0 Å². The van der Waals surface area contributed by atoms with Gasteiger partial charge in [-0.2, -0.15) is 0 Å². The lowest BCUT2D eigenvalue weighted by molar-refractivity contribution is -0.397. The van der Waals surface area contributed by atoms with E-state index in [9.17, 15) is 24.9 Å². The van der Waals surface area contributed by atoms with Gasteiger partial charge in [-0.05, 0) is 6.92 Å². The summed E-state index contributed by atoms with van der Waals surface area (Å²) in [6.07, 6.45) is -6.01. The zero-order valence-corrected chi connectivity index (χ0v) is 21.2. The van der Waals surface area contributed by atoms with E-state index in [4.69, 9.17) is 34.2 Å². The third-order valence-corrected chi connectivity index (χ3v) is 7.24. The number of anilines is 1. The molecule has 39 heavy (non-hydrogen) atoms. The Balaban J connectivity index is 1.50. The van der Waals surface area contributed by atoms with E-state index < -0.39 is 73.3 Å². The summed E-state index contributed by atoms with van der Waals surface area (Å²) < 4.78 is 35.5. The van der Waals surface area contributed by atoms with Gasteiger partial charge in [0.05, 0.1) is 31.7 Å². The fourth-order valence-corrected chi connectivity index (χ4v) is 5.24. The second-order valence-corrected chi connectivity index (χ2v) is 9.28. The predicted molar refractivity (Wildman–Crippen MR) is 126 cm³/mol. The molecular formula is C23H29N5O11. The van der Waals surface area contributed by atoms with Crippen molar-refractivity contribution in [1.29, 1.82) is 0 Å². The van der Waals surface area contributed by atoms with E-state index in [0.717, 1.165) is 7.11 Å². The number of ether oxygens (including phenoxy) is 6. The van der Waals surface area contributed by atoms with Crippen molar-refractivity contribution < 1.29 is 53.3 Å². The Morgan fingerprint density at radius 1 is 1.28 bits per heavy atom. The summed E-state index contributed by atoms with van der Waals surface area (Å²) in [7, 11) is 2.51. The summed E-state index contributed by atoms with van der Waals surface area (Å²) >= 11 is 0. The van der Waals surface area contributed by atoms with Gasteiger partial charge < -0.3 is 49.5 Å². The van der Waals surface area contributed by atoms with Gasteiger partial charge in [-0.3, -0.25) is 4.57 Å². The van der Waals surface area contributed by atoms with Gasteiger partial charge in [-0.15, -0.1) is 0 Å². The largest absolute Gasteiger partial charge is 0.467 e. The van der Waals surface area contributed by atoms with E-state index in [1.54, 1.807) is 4.57 Å². The summed E-state index contributed by atoms with van der Waals surface area (Å²) in [4.78, 5) is 37.6. The lowest BCUT2D eigenvalue weighted by Gasteiger charge is -2.52. The van der Waals surface area contributed by atoms with Crippen molar-refractivity contribution in [3.8, 4) is 0 Å². The number of imidazole rings is 1. The van der Waals surface area contributed by atoms with Crippen LogP contribution in [-0.2, 0) is 38.0 Å². The second kappa shape index (κ2) is 10.4. The molecule has 0 amide bonds. The van der Waals surface area contributed by atoms with Crippen LogP contribution in [0.4, 0.5) is 5.82 Å². The third-order valence-electron chi connectivity index (χ3n) is 7.24. The molecule has 5 rings (SSSR count). The maximum atomic E-state index is 12.7. The zero-order chi connectivity index (χ0) is 28.1. The molecule has 0 unspecified atom stereocenters. The first-order valence-electron chi connectivity index (χ1n) is 12.1. The first kappa shape index (κ1) is 27.3. The summed E-state index contributed by atoms with van der Waals surface area (Å²) in [5.41, 5.74) is 6.50. The SMILES string of the molecule is C/C=C(\CO)C(=O)O[C@H]1[C@H](O)[C@@H](C(=O)OC)O[C@@H]2C[C@H]3O[C@@H](n4cnc5c(N)ncnc54)[C@H](OC)[C@H]3O[C@@]21O. The lowest BCUT2D eigenvalue weighted by atomic mass is 9.84. The highest BCUT2D eigenvalue weighted by Gasteiger charge is 2.67. The fourth-order valence-electron chi connectivity index (χ4n) is 5.24. The van der Waals surface area contributed by atoms with Crippen LogP contribution in [0.2, 0.25) is 0 Å². The van der Waals surface area contributed by atoms with Crippen LogP contribution in [-0.4, -0.2) is 116 Å². The van der Waals surface area contributed by atoms with Crippen molar-refractivity contribution in [3.63, 3.8) is 0 Å². The van der Waals surface area contributed by atoms with Crippen LogP contribution in [0.15, 0.2) is 24.3 Å². The molecule has 0 spiro atoms. The first-order chi connectivity index (χ1) is 18.7. The zero-order valence-electron chi connectivity index (χ0n) is 21.2. The average molecular weight is 552 g/mol. The molecule has 9 atom stereocenters. The molecule has 0 bridgehead atoms. The molecule has 5 heterocycles. The number of aromatic nitrogens is 4. The molecule has 0 aliphatic carbocycles. The van der Waals surface area contributed by atoms with Crippen molar-refractivity contribution in [2.24, 2.45) is 0 Å². The Morgan fingerprint density at radius 2 is 2.05 bits per heavy atom. The van der Waals surface area contributed by atoms with Crippen molar-refractivity contribution in [2.75, 3.05) is 26.6 Å². The molecule has 16 nitrogen and oxygen atoms in total. The van der Waals surface area contributed by atoms with Crippen LogP contribution < -0.4 is 5.73 Å². The van der Waals surface area contributed by atoms with Crippen LogP contribution >= 0.6 is 0 Å². The molecular weight excluding hydrogens is 522 g/mol. The molecule has 3 fully saturated rings. The van der Waals surface area contributed by atoms with Gasteiger partial charge in [0.1, 0.15) is 36.3 Å². The van der Waals surface area contributed by atoms with E-state index in [-0.39, 0.29) is 17.8 Å². The maximum Gasteiger partial charge on any atom is 0.337 e. The van der Waals surface area contributed by atoms with Crippen molar-refractivity contribution in [2.45, 2.75) is 68.1 Å². The second-order valence-electron chi connectivity index (χ2n) is 9.28. The number of methoxy groups -OCH3 is 2. The Labute approximate surface area is 221 Å². The molecule has 212 valence electrons. The lowest BCUT2D eigenvalue weighted by Crippen LogP contribution is -2.73. The molecule has 3 aliphatic heterocycles. The van der Waals surface area contributed by atoms with Crippen molar-refractivity contribution >= 4 is 28.9 Å². The van der Waals surface area contributed by atoms with Gasteiger partial charge in [0, 0.05) is 13.5 Å². The van der Waals surface area contributed by atoms with Crippen molar-refractivity contribution in [1.82, 2.24) is 19.5 Å². The minimum atomic E-state index is -2.44. The topological polar surface area (TPSA) is 220 Å². The van der Waals surface area contributed by atoms with E-state index in [0.29, 0.717) is 11.2 Å². The molecule has 16 heteroatoms. The van der Waals surface area contributed by atoms with Gasteiger partial charge in [0.2, 0.25) is 5.79 Å². The van der Waals surface area contributed by atoms with Crippen LogP contribution in [0.1, 0.15) is 19.6 Å². The smallest absolute Gasteiger partial charge is 0.337 e. The van der Waals surface area contributed by atoms with Crippen LogP contribution in [0.5, 0.6) is 0 Å². The maximum absolute atomic E-state index is 12.7. The van der Waals surface area contributed by atoms with E-state index in [1.165, 1.54) is 32.8 Å². The monoisotopic (exact) mass is 551 g/mol. The number of fused-ring (bicyclic) bond motifs is 3. The average Bonchev–Trinajstić information content (AvgIpc) is 3.51. The van der Waals surface area contributed by atoms with Gasteiger partial charge in [0.25, 0.3) is 0 Å². The summed E-state index contributed by atoms with van der Waals surface area (Å²) in [5.74, 6) is -4.25. The standard InChI is InChI=1S/C23H29N5O11/c1-4-9(6-29)21(31)38-17-13(30)15(22(32)35-3)37-11-5-10-14(39-23(11,17)33)16(34-2)20(36-10)28-8-27-12-18(24)25-7-26-19(12)28/h4,7-8,10-11,13-17,20,29-30,33H,5-6H2,1-3H3,(H2,24,25,26)/b9-4+/t10-,11-,13-,14+,15+,16-,17+,20-,23+/m1/s1. The molecule has 0 saturated carbocycles. The van der Waals surface area contributed by atoms with Crippen molar-refractivity contribution in [3.05, 3.63) is 24.3 Å². The van der Waals surface area contributed by atoms with E-state index in [1.807, 2.05) is 0 Å². The minimum Gasteiger partial charge on any atom is -0.467 e. The van der Waals surface area contributed by atoms with Gasteiger partial charge in [-0.1, -0.05) is 6.08 Å². The Hall–Kier alpha value is -3.25. The summed E-state index contributed by atoms with van der Waals surface area (Å²) in [6, 6.07) is 0.